The highest BCUT2D eigenvalue weighted by Crippen LogP contribution is 2.42. The smallest absolute Gasteiger partial charge is 0.295 e. The molecule has 0 bridgehead atoms. The predicted molar refractivity (Wildman–Crippen MR) is 83.3 cm³/mol. The lowest BCUT2D eigenvalue weighted by Crippen LogP contribution is -2.12. The van der Waals surface area contributed by atoms with E-state index in [1.165, 1.54) is 0 Å². The van der Waals surface area contributed by atoms with Crippen LogP contribution < -0.4 is 5.32 Å². The van der Waals surface area contributed by atoms with Crippen molar-refractivity contribution < 1.29 is 4.79 Å². The van der Waals surface area contributed by atoms with Gasteiger partial charge in [0.15, 0.2) is 0 Å². The summed E-state index contributed by atoms with van der Waals surface area (Å²) in [6.45, 7) is 0.435. The van der Waals surface area contributed by atoms with Gasteiger partial charge in [-0.1, -0.05) is 48.5 Å². The van der Waals surface area contributed by atoms with Crippen LogP contribution >= 0.6 is 0 Å². The van der Waals surface area contributed by atoms with Crippen LogP contribution in [-0.4, -0.2) is 12.5 Å². The Labute approximate surface area is 126 Å². The molecule has 0 saturated heterocycles. The lowest BCUT2D eigenvalue weighted by atomic mass is 9.93. The molecule has 6 nitrogen and oxygen atoms in total. The van der Waals surface area contributed by atoms with Crippen LogP contribution in [0.1, 0.15) is 5.56 Å². The van der Waals surface area contributed by atoms with Crippen molar-refractivity contribution in [3.63, 3.8) is 0 Å². The summed E-state index contributed by atoms with van der Waals surface area (Å²) in [5.41, 5.74) is 18.3. The number of amides is 1. The number of rotatable bonds is 3. The monoisotopic (exact) mass is 291 g/mol. The summed E-state index contributed by atoms with van der Waals surface area (Å²) in [5.74, 6) is -0.592. The van der Waals surface area contributed by atoms with Gasteiger partial charge in [0.25, 0.3) is 5.91 Å². The van der Waals surface area contributed by atoms with Gasteiger partial charge in [-0.05, 0) is 5.56 Å². The van der Waals surface area contributed by atoms with Gasteiger partial charge >= 0.3 is 0 Å². The minimum Gasteiger partial charge on any atom is -0.379 e. The Morgan fingerprint density at radius 3 is 2.45 bits per heavy atom. The van der Waals surface area contributed by atoms with Gasteiger partial charge in [0.2, 0.25) is 0 Å². The summed E-state index contributed by atoms with van der Waals surface area (Å²) in [4.78, 5) is 11.8. The van der Waals surface area contributed by atoms with Crippen LogP contribution in [0.4, 0.5) is 11.4 Å². The number of nitrogens with zero attached hydrogens (tertiary/aromatic N) is 2. The number of benzene rings is 2. The first kappa shape index (κ1) is 13.8. The SMILES string of the molecule is N=NC(=O)C1=CCNc2c1ccc(-c1ccccc1)c2N=N. The number of fused-ring (bicyclic) bond motifs is 1. The molecule has 0 aliphatic carbocycles. The summed E-state index contributed by atoms with van der Waals surface area (Å²) in [7, 11) is 0. The molecule has 108 valence electrons. The largest absolute Gasteiger partial charge is 0.379 e. The molecule has 0 saturated carbocycles. The van der Waals surface area contributed by atoms with E-state index >= 15 is 0 Å². The summed E-state index contributed by atoms with van der Waals surface area (Å²) < 4.78 is 0. The second-order valence-corrected chi connectivity index (χ2v) is 4.78. The Bertz CT molecular complexity index is 796. The van der Waals surface area contributed by atoms with Gasteiger partial charge in [0.1, 0.15) is 5.69 Å². The Balaban J connectivity index is 2.20. The molecule has 6 heteroatoms. The lowest BCUT2D eigenvalue weighted by Gasteiger charge is -2.20. The zero-order valence-electron chi connectivity index (χ0n) is 11.6. The fourth-order valence-electron chi connectivity index (χ4n) is 2.59. The highest BCUT2D eigenvalue weighted by atomic mass is 16.1. The average Bonchev–Trinajstić information content (AvgIpc) is 2.60. The van der Waals surface area contributed by atoms with E-state index < -0.39 is 5.91 Å². The van der Waals surface area contributed by atoms with Gasteiger partial charge in [-0.2, -0.15) is 5.11 Å². The lowest BCUT2D eigenvalue weighted by molar-refractivity contribution is -0.113. The van der Waals surface area contributed by atoms with Crippen LogP contribution in [0.5, 0.6) is 0 Å². The Kier molecular flexibility index (Phi) is 3.57. The van der Waals surface area contributed by atoms with Gasteiger partial charge in [0, 0.05) is 17.7 Å². The minimum atomic E-state index is -0.592. The van der Waals surface area contributed by atoms with Crippen molar-refractivity contribution >= 4 is 22.9 Å². The maximum atomic E-state index is 11.8. The Morgan fingerprint density at radius 2 is 1.77 bits per heavy atom. The van der Waals surface area contributed by atoms with Gasteiger partial charge in [-0.3, -0.25) is 4.79 Å². The fraction of sp³-hybridized carbons (Fsp3) is 0.0625. The molecule has 0 unspecified atom stereocenters. The Morgan fingerprint density at radius 1 is 1.05 bits per heavy atom. The fourth-order valence-corrected chi connectivity index (χ4v) is 2.59. The number of hydrogen-bond acceptors (Lipinski definition) is 5. The van der Waals surface area contributed by atoms with E-state index in [4.69, 9.17) is 11.1 Å². The molecule has 0 spiro atoms. The van der Waals surface area contributed by atoms with Crippen molar-refractivity contribution in [1.29, 1.82) is 11.1 Å². The average molecular weight is 291 g/mol. The van der Waals surface area contributed by atoms with Gasteiger partial charge < -0.3 is 5.32 Å². The first-order chi connectivity index (χ1) is 10.8. The predicted octanol–water partition coefficient (Wildman–Crippen LogP) is 4.38. The van der Waals surface area contributed by atoms with Gasteiger partial charge in [-0.15, -0.1) is 5.11 Å². The van der Waals surface area contributed by atoms with Crippen LogP contribution in [0.15, 0.2) is 58.8 Å². The quantitative estimate of drug-likeness (QED) is 0.730. The molecule has 1 aliphatic heterocycles. The summed E-state index contributed by atoms with van der Waals surface area (Å²) in [6.07, 6.45) is 1.69. The molecule has 1 aliphatic rings. The number of nitrogens with one attached hydrogen (secondary N) is 3. The van der Waals surface area contributed by atoms with Crippen molar-refractivity contribution in [2.75, 3.05) is 11.9 Å². The molecule has 3 rings (SSSR count). The summed E-state index contributed by atoms with van der Waals surface area (Å²) >= 11 is 0. The third kappa shape index (κ3) is 2.20. The number of anilines is 1. The van der Waals surface area contributed by atoms with Crippen molar-refractivity contribution in [1.82, 2.24) is 0 Å². The molecule has 3 N–H and O–H groups in total. The molecule has 2 aromatic carbocycles. The zero-order valence-corrected chi connectivity index (χ0v) is 11.6. The standard InChI is InChI=1S/C16H13N5O/c17-20-15-11(10-4-2-1-3-5-10)6-7-12-13(16(22)21-18)8-9-19-14(12)15/h1-8,17-19H,9H2. The zero-order chi connectivity index (χ0) is 15.5. The van der Waals surface area contributed by atoms with Crippen molar-refractivity contribution in [3.8, 4) is 11.1 Å². The van der Waals surface area contributed by atoms with Crippen LogP contribution in [0.2, 0.25) is 0 Å². The van der Waals surface area contributed by atoms with Gasteiger partial charge in [0.05, 0.1) is 11.3 Å². The van der Waals surface area contributed by atoms with E-state index in [0.29, 0.717) is 29.1 Å². The molecule has 0 radical (unpaired) electrons. The van der Waals surface area contributed by atoms with E-state index in [1.54, 1.807) is 12.1 Å². The van der Waals surface area contributed by atoms with E-state index in [9.17, 15) is 4.79 Å². The van der Waals surface area contributed by atoms with Crippen LogP contribution in [0, 0.1) is 11.1 Å². The molecule has 0 aromatic heterocycles. The topological polar surface area (TPSA) is 102 Å². The minimum absolute atomic E-state index is 0.369. The third-order valence-electron chi connectivity index (χ3n) is 3.58. The molecule has 22 heavy (non-hydrogen) atoms. The second-order valence-electron chi connectivity index (χ2n) is 4.78. The van der Waals surface area contributed by atoms with Crippen LogP contribution in [-0.2, 0) is 4.79 Å². The van der Waals surface area contributed by atoms with Crippen molar-refractivity contribution in [2.24, 2.45) is 10.2 Å². The van der Waals surface area contributed by atoms with Gasteiger partial charge in [-0.25, -0.2) is 11.1 Å². The van der Waals surface area contributed by atoms with Crippen LogP contribution in [0.25, 0.3) is 16.7 Å². The maximum absolute atomic E-state index is 11.8. The second kappa shape index (κ2) is 5.69. The molecule has 2 aromatic rings. The number of carbonyl (C=O) groups excluding carboxylic acids is 1. The van der Waals surface area contributed by atoms with Crippen molar-refractivity contribution in [2.45, 2.75) is 0 Å². The molecule has 1 amide bonds. The third-order valence-corrected chi connectivity index (χ3v) is 3.58. The van der Waals surface area contributed by atoms with E-state index in [2.05, 4.69) is 15.5 Å². The Hall–Kier alpha value is -3.15. The molecular formula is C16H13N5O. The normalized spacial score (nSPS) is 12.6. The first-order valence-corrected chi connectivity index (χ1v) is 6.72. The van der Waals surface area contributed by atoms with Crippen LogP contribution in [0.3, 0.4) is 0 Å². The van der Waals surface area contributed by atoms with E-state index in [1.807, 2.05) is 36.4 Å². The van der Waals surface area contributed by atoms with Crippen molar-refractivity contribution in [3.05, 3.63) is 54.1 Å². The maximum Gasteiger partial charge on any atom is 0.295 e. The highest BCUT2D eigenvalue weighted by molar-refractivity contribution is 6.22. The molecular weight excluding hydrogens is 278 g/mol. The summed E-state index contributed by atoms with van der Waals surface area (Å²) in [6, 6.07) is 13.3. The number of hydrogen-bond donors (Lipinski definition) is 3. The first-order valence-electron chi connectivity index (χ1n) is 6.72. The summed E-state index contributed by atoms with van der Waals surface area (Å²) in [5, 5.41) is 9.79. The molecule has 0 fully saturated rings. The van der Waals surface area contributed by atoms with E-state index in [0.717, 1.165) is 11.1 Å². The highest BCUT2D eigenvalue weighted by Gasteiger charge is 2.23. The molecule has 1 heterocycles. The molecule has 0 atom stereocenters. The number of carbonyl (C=O) groups is 1. The van der Waals surface area contributed by atoms with E-state index in [-0.39, 0.29) is 0 Å².